The average Bonchev–Trinajstić information content (AvgIpc) is 2.88. The Morgan fingerprint density at radius 3 is 2.79 bits per heavy atom. The van der Waals surface area contributed by atoms with Crippen LogP contribution in [0.3, 0.4) is 0 Å². The molecule has 0 aliphatic carbocycles. The van der Waals surface area contributed by atoms with E-state index in [0.717, 1.165) is 29.8 Å². The van der Waals surface area contributed by atoms with Gasteiger partial charge in [0.25, 0.3) is 0 Å². The molecule has 0 saturated heterocycles. The second-order valence-corrected chi connectivity index (χ2v) is 5.72. The Kier molecular flexibility index (Phi) is 4.22. The lowest BCUT2D eigenvalue weighted by atomic mass is 10.1. The topological polar surface area (TPSA) is 53.1 Å². The summed E-state index contributed by atoms with van der Waals surface area (Å²) in [5.41, 5.74) is 8.63. The Bertz CT molecular complexity index is 561. The fourth-order valence-corrected chi connectivity index (χ4v) is 2.75. The molecule has 100 valence electrons. The molecule has 1 aromatic heterocycles. The summed E-state index contributed by atoms with van der Waals surface area (Å²) in [6.07, 6.45) is 1.01. The normalized spacial score (nSPS) is 10.4. The molecule has 0 unspecified atom stereocenters. The van der Waals surface area contributed by atoms with Gasteiger partial charge in [-0.25, -0.2) is 0 Å². The molecule has 4 heteroatoms. The predicted molar refractivity (Wildman–Crippen MR) is 83.5 cm³/mol. The van der Waals surface area contributed by atoms with E-state index in [1.807, 2.05) is 26.1 Å². The maximum absolute atomic E-state index is 7.69. The van der Waals surface area contributed by atoms with Crippen molar-refractivity contribution in [3.63, 3.8) is 0 Å². The standard InChI is InChI=1S/C15H19N3S/c1-11-5-6-14(13(10-11)15(16)17)18(2)8-7-12-4-3-9-19-12/h3-6,9-10H,7-8H2,1-2H3,(H3,16,17). The van der Waals surface area contributed by atoms with Crippen molar-refractivity contribution in [3.05, 3.63) is 51.7 Å². The van der Waals surface area contributed by atoms with E-state index < -0.39 is 0 Å². The molecule has 2 aromatic rings. The van der Waals surface area contributed by atoms with Crippen molar-refractivity contribution < 1.29 is 0 Å². The van der Waals surface area contributed by atoms with Crippen LogP contribution in [0.2, 0.25) is 0 Å². The summed E-state index contributed by atoms with van der Waals surface area (Å²) < 4.78 is 0. The zero-order valence-corrected chi connectivity index (χ0v) is 12.1. The minimum atomic E-state index is 0.127. The van der Waals surface area contributed by atoms with Gasteiger partial charge in [0.1, 0.15) is 5.84 Å². The summed E-state index contributed by atoms with van der Waals surface area (Å²) in [6.45, 7) is 2.94. The minimum absolute atomic E-state index is 0.127. The van der Waals surface area contributed by atoms with Gasteiger partial charge in [-0.3, -0.25) is 5.41 Å². The van der Waals surface area contributed by atoms with Gasteiger partial charge in [-0.15, -0.1) is 11.3 Å². The third-order valence-electron chi connectivity index (χ3n) is 3.13. The Hall–Kier alpha value is -1.81. The lowest BCUT2D eigenvalue weighted by molar-refractivity contribution is 0.886. The molecule has 0 atom stereocenters. The van der Waals surface area contributed by atoms with Crippen LogP contribution in [0, 0.1) is 12.3 Å². The molecule has 1 aromatic carbocycles. The minimum Gasteiger partial charge on any atom is -0.384 e. The zero-order chi connectivity index (χ0) is 13.8. The molecule has 3 N–H and O–H groups in total. The maximum atomic E-state index is 7.69. The highest BCUT2D eigenvalue weighted by atomic mass is 32.1. The Labute approximate surface area is 118 Å². The van der Waals surface area contributed by atoms with Gasteiger partial charge in [-0.2, -0.15) is 0 Å². The zero-order valence-electron chi connectivity index (χ0n) is 11.3. The number of nitrogens with two attached hydrogens (primary N) is 1. The third kappa shape index (κ3) is 3.35. The van der Waals surface area contributed by atoms with E-state index in [1.165, 1.54) is 4.88 Å². The summed E-state index contributed by atoms with van der Waals surface area (Å²) in [4.78, 5) is 3.54. The molecular weight excluding hydrogens is 254 g/mol. The number of nitrogen functional groups attached to an aromatic ring is 1. The van der Waals surface area contributed by atoms with Crippen molar-refractivity contribution in [1.82, 2.24) is 0 Å². The number of nitrogens with one attached hydrogen (secondary N) is 1. The third-order valence-corrected chi connectivity index (χ3v) is 4.06. The van der Waals surface area contributed by atoms with Gasteiger partial charge in [0.15, 0.2) is 0 Å². The van der Waals surface area contributed by atoms with E-state index in [2.05, 4.69) is 28.5 Å². The number of likely N-dealkylation sites (N-methyl/N-ethyl adjacent to an activating group) is 1. The Morgan fingerprint density at radius 1 is 1.37 bits per heavy atom. The number of nitrogens with zero attached hydrogens (tertiary/aromatic N) is 1. The second kappa shape index (κ2) is 5.89. The number of anilines is 1. The number of amidine groups is 1. The molecule has 3 nitrogen and oxygen atoms in total. The van der Waals surface area contributed by atoms with Crippen LogP contribution in [0.15, 0.2) is 35.7 Å². The summed E-state index contributed by atoms with van der Waals surface area (Å²) in [5, 5.41) is 9.79. The molecule has 0 fully saturated rings. The van der Waals surface area contributed by atoms with Crippen LogP contribution in [0.25, 0.3) is 0 Å². The highest BCUT2D eigenvalue weighted by molar-refractivity contribution is 7.09. The van der Waals surface area contributed by atoms with E-state index in [0.29, 0.717) is 0 Å². The van der Waals surface area contributed by atoms with Crippen LogP contribution >= 0.6 is 11.3 Å². The van der Waals surface area contributed by atoms with E-state index in [4.69, 9.17) is 11.1 Å². The number of benzene rings is 1. The number of hydrogen-bond acceptors (Lipinski definition) is 3. The maximum Gasteiger partial charge on any atom is 0.124 e. The second-order valence-electron chi connectivity index (χ2n) is 4.69. The first-order valence-electron chi connectivity index (χ1n) is 6.26. The lowest BCUT2D eigenvalue weighted by Crippen LogP contribution is -2.24. The first-order chi connectivity index (χ1) is 9.08. The van der Waals surface area contributed by atoms with Gasteiger partial charge in [-0.1, -0.05) is 17.7 Å². The SMILES string of the molecule is Cc1ccc(N(C)CCc2cccs2)c(C(=N)N)c1. The van der Waals surface area contributed by atoms with Crippen LogP contribution in [0.4, 0.5) is 5.69 Å². The molecule has 19 heavy (non-hydrogen) atoms. The smallest absolute Gasteiger partial charge is 0.124 e. The van der Waals surface area contributed by atoms with Crippen LogP contribution in [0.1, 0.15) is 16.0 Å². The van der Waals surface area contributed by atoms with Crippen LogP contribution < -0.4 is 10.6 Å². The first-order valence-corrected chi connectivity index (χ1v) is 7.14. The molecule has 1 heterocycles. The molecule has 0 radical (unpaired) electrons. The fraction of sp³-hybridized carbons (Fsp3) is 0.267. The van der Waals surface area contributed by atoms with E-state index in [1.54, 1.807) is 11.3 Å². The number of hydrogen-bond donors (Lipinski definition) is 2. The summed E-state index contributed by atoms with van der Waals surface area (Å²) >= 11 is 1.78. The molecular formula is C15H19N3S. The predicted octanol–water partition coefficient (Wildman–Crippen LogP) is 3.02. The van der Waals surface area contributed by atoms with E-state index in [9.17, 15) is 0 Å². The Morgan fingerprint density at radius 2 is 2.16 bits per heavy atom. The fourth-order valence-electron chi connectivity index (χ4n) is 2.05. The van der Waals surface area contributed by atoms with Crippen molar-refractivity contribution in [2.24, 2.45) is 5.73 Å². The molecule has 2 rings (SSSR count). The van der Waals surface area contributed by atoms with Crippen molar-refractivity contribution in [1.29, 1.82) is 5.41 Å². The molecule has 0 aliphatic rings. The van der Waals surface area contributed by atoms with Gasteiger partial charge in [0.05, 0.1) is 0 Å². The van der Waals surface area contributed by atoms with Gasteiger partial charge < -0.3 is 10.6 Å². The largest absolute Gasteiger partial charge is 0.384 e. The lowest BCUT2D eigenvalue weighted by Gasteiger charge is -2.22. The molecule has 0 spiro atoms. The Balaban J connectivity index is 2.14. The number of rotatable bonds is 5. The summed E-state index contributed by atoms with van der Waals surface area (Å²) in [6, 6.07) is 10.3. The van der Waals surface area contributed by atoms with Crippen LogP contribution in [-0.4, -0.2) is 19.4 Å². The van der Waals surface area contributed by atoms with Gasteiger partial charge >= 0.3 is 0 Å². The van der Waals surface area contributed by atoms with Gasteiger partial charge in [0.2, 0.25) is 0 Å². The molecule has 0 aliphatic heterocycles. The van der Waals surface area contributed by atoms with Gasteiger partial charge in [0, 0.05) is 29.7 Å². The monoisotopic (exact) mass is 273 g/mol. The van der Waals surface area contributed by atoms with Crippen molar-refractivity contribution >= 4 is 22.9 Å². The van der Waals surface area contributed by atoms with Crippen molar-refractivity contribution in [2.45, 2.75) is 13.3 Å². The van der Waals surface area contributed by atoms with Gasteiger partial charge in [-0.05, 0) is 36.9 Å². The molecule has 0 bridgehead atoms. The summed E-state index contributed by atoms with van der Waals surface area (Å²) in [7, 11) is 2.05. The number of thiophene rings is 1. The highest BCUT2D eigenvalue weighted by Crippen LogP contribution is 2.21. The van der Waals surface area contributed by atoms with E-state index in [-0.39, 0.29) is 5.84 Å². The van der Waals surface area contributed by atoms with Crippen molar-refractivity contribution in [3.8, 4) is 0 Å². The van der Waals surface area contributed by atoms with Crippen LogP contribution in [-0.2, 0) is 6.42 Å². The summed E-state index contributed by atoms with van der Waals surface area (Å²) in [5.74, 6) is 0.127. The average molecular weight is 273 g/mol. The quantitative estimate of drug-likeness (QED) is 0.650. The van der Waals surface area contributed by atoms with E-state index >= 15 is 0 Å². The highest BCUT2D eigenvalue weighted by Gasteiger charge is 2.10. The first kappa shape index (κ1) is 13.6. The van der Waals surface area contributed by atoms with Crippen LogP contribution in [0.5, 0.6) is 0 Å². The molecule has 0 saturated carbocycles. The molecule has 0 amide bonds. The number of aryl methyl sites for hydroxylation is 1. The van der Waals surface area contributed by atoms with Crippen molar-refractivity contribution in [2.75, 3.05) is 18.5 Å².